The number of nitrogens with zero attached hydrogens (tertiary/aromatic N) is 1. The average molecular weight is 396 g/mol. The van der Waals surface area contributed by atoms with Gasteiger partial charge in [0.05, 0.1) is 0 Å². The smallest absolute Gasteiger partial charge is 0.320 e. The van der Waals surface area contributed by atoms with E-state index in [2.05, 4.69) is 32.9 Å². The lowest BCUT2D eigenvalue weighted by Crippen LogP contribution is -2.54. The Morgan fingerprint density at radius 1 is 1.30 bits per heavy atom. The number of nitrogens with two attached hydrogens (primary N) is 1. The number of carboxylic acids is 1. The van der Waals surface area contributed by atoms with Crippen molar-refractivity contribution in [2.24, 2.45) is 5.73 Å². The molecule has 27 heavy (non-hydrogen) atoms. The molecule has 1 aromatic rings. The van der Waals surface area contributed by atoms with Gasteiger partial charge in [0, 0.05) is 25.8 Å². The standard InChI is InChI=1S/C20H33N2O4P/c1-19(2,3)17-9-5-4-8-16(17)14-22-12-13-27(25,26)20(15-22,18(23)24)10-6-7-11-21/h4-5,8-9H,6-7,10-15,21H2,1-3H3,(H,23,24)(H,25,26)/t20-/m0/s1. The van der Waals surface area contributed by atoms with E-state index in [1.807, 2.05) is 17.0 Å². The summed E-state index contributed by atoms with van der Waals surface area (Å²) in [7, 11) is -3.79. The Morgan fingerprint density at radius 3 is 2.56 bits per heavy atom. The molecule has 0 spiro atoms. The van der Waals surface area contributed by atoms with E-state index >= 15 is 0 Å². The summed E-state index contributed by atoms with van der Waals surface area (Å²) in [6, 6.07) is 8.15. The van der Waals surface area contributed by atoms with Crippen molar-refractivity contribution in [3.8, 4) is 0 Å². The average Bonchev–Trinajstić information content (AvgIpc) is 2.57. The van der Waals surface area contributed by atoms with Crippen LogP contribution in [0.5, 0.6) is 0 Å². The minimum Gasteiger partial charge on any atom is -0.480 e. The topological polar surface area (TPSA) is 104 Å². The largest absolute Gasteiger partial charge is 0.480 e. The molecule has 7 heteroatoms. The number of aliphatic carboxylic acids is 1. The van der Waals surface area contributed by atoms with E-state index in [0.29, 0.717) is 32.5 Å². The van der Waals surface area contributed by atoms with Gasteiger partial charge in [0.2, 0.25) is 7.37 Å². The van der Waals surface area contributed by atoms with Crippen LogP contribution in [0.4, 0.5) is 0 Å². The van der Waals surface area contributed by atoms with E-state index in [-0.39, 0.29) is 24.5 Å². The van der Waals surface area contributed by atoms with Crippen LogP contribution in [-0.2, 0) is 21.3 Å². The highest BCUT2D eigenvalue weighted by Crippen LogP contribution is 2.59. The fourth-order valence-corrected chi connectivity index (χ4v) is 6.17. The quantitative estimate of drug-likeness (QED) is 0.483. The number of benzene rings is 1. The summed E-state index contributed by atoms with van der Waals surface area (Å²) in [5.74, 6) is -1.17. The van der Waals surface area contributed by atoms with Gasteiger partial charge in [-0.05, 0) is 35.9 Å². The minimum atomic E-state index is -3.79. The molecule has 1 aliphatic rings. The van der Waals surface area contributed by atoms with E-state index in [1.54, 1.807) is 0 Å². The van der Waals surface area contributed by atoms with Crippen LogP contribution in [0.15, 0.2) is 24.3 Å². The van der Waals surface area contributed by atoms with Crippen LogP contribution in [0.1, 0.15) is 51.2 Å². The van der Waals surface area contributed by atoms with Crippen molar-refractivity contribution in [3.05, 3.63) is 35.4 Å². The summed E-state index contributed by atoms with van der Waals surface area (Å²) in [5, 5.41) is 8.30. The molecule has 0 bridgehead atoms. The van der Waals surface area contributed by atoms with Crippen LogP contribution < -0.4 is 5.73 Å². The third-order valence-corrected chi connectivity index (χ3v) is 8.24. The summed E-state index contributed by atoms with van der Waals surface area (Å²) in [5.41, 5.74) is 7.86. The highest BCUT2D eigenvalue weighted by atomic mass is 31.2. The van der Waals surface area contributed by atoms with Crippen LogP contribution in [0, 0.1) is 0 Å². The van der Waals surface area contributed by atoms with Crippen LogP contribution in [-0.4, -0.2) is 51.8 Å². The molecule has 4 N–H and O–H groups in total. The fraction of sp³-hybridized carbons (Fsp3) is 0.650. The minimum absolute atomic E-state index is 0.0135. The van der Waals surface area contributed by atoms with E-state index in [0.717, 1.165) is 5.56 Å². The third-order valence-electron chi connectivity index (χ3n) is 5.54. The molecule has 1 heterocycles. The van der Waals surface area contributed by atoms with Gasteiger partial charge in [-0.3, -0.25) is 14.3 Å². The van der Waals surface area contributed by atoms with E-state index in [9.17, 15) is 19.4 Å². The first-order valence-electron chi connectivity index (χ1n) is 9.60. The number of rotatable bonds is 7. The zero-order valence-electron chi connectivity index (χ0n) is 16.6. The van der Waals surface area contributed by atoms with E-state index in [4.69, 9.17) is 5.73 Å². The molecule has 1 aromatic carbocycles. The van der Waals surface area contributed by atoms with Gasteiger partial charge in [-0.25, -0.2) is 0 Å². The molecule has 1 aliphatic heterocycles. The Labute approximate surface area is 162 Å². The maximum absolute atomic E-state index is 12.9. The van der Waals surface area contributed by atoms with Gasteiger partial charge >= 0.3 is 5.97 Å². The Hall–Kier alpha value is -1.20. The molecule has 1 fully saturated rings. The Morgan fingerprint density at radius 2 is 1.96 bits per heavy atom. The molecule has 152 valence electrons. The molecule has 0 saturated carbocycles. The Balaban J connectivity index is 2.29. The van der Waals surface area contributed by atoms with Gasteiger partial charge < -0.3 is 15.7 Å². The predicted octanol–water partition coefficient (Wildman–Crippen LogP) is 3.02. The Bertz CT molecular complexity index is 716. The molecule has 6 nitrogen and oxygen atoms in total. The molecule has 1 unspecified atom stereocenters. The predicted molar refractivity (Wildman–Crippen MR) is 108 cm³/mol. The number of hydrogen-bond donors (Lipinski definition) is 3. The number of unbranched alkanes of at least 4 members (excludes halogenated alkanes) is 1. The van der Waals surface area contributed by atoms with Crippen molar-refractivity contribution >= 4 is 13.3 Å². The van der Waals surface area contributed by atoms with Crippen molar-refractivity contribution < 1.29 is 19.4 Å². The summed E-state index contributed by atoms with van der Waals surface area (Å²) < 4.78 is 12.9. The van der Waals surface area contributed by atoms with Crippen molar-refractivity contribution in [2.75, 3.05) is 25.8 Å². The lowest BCUT2D eigenvalue weighted by atomic mass is 9.83. The summed E-state index contributed by atoms with van der Waals surface area (Å²) >= 11 is 0. The monoisotopic (exact) mass is 396 g/mol. The van der Waals surface area contributed by atoms with Crippen molar-refractivity contribution in [1.29, 1.82) is 0 Å². The van der Waals surface area contributed by atoms with Gasteiger partial charge in [0.25, 0.3) is 0 Å². The molecule has 0 radical (unpaired) electrons. The second kappa shape index (κ2) is 8.44. The highest BCUT2D eigenvalue weighted by molar-refractivity contribution is 7.61. The SMILES string of the molecule is CC(C)(C)c1ccccc1CN1CCP(=O)(O)[C@](CCCCN)(C(=O)O)C1. The van der Waals surface area contributed by atoms with Gasteiger partial charge in [-0.1, -0.05) is 51.5 Å². The third kappa shape index (κ3) is 4.80. The summed E-state index contributed by atoms with van der Waals surface area (Å²) in [6.45, 7) is 8.01. The van der Waals surface area contributed by atoms with Crippen molar-refractivity contribution in [2.45, 2.75) is 57.1 Å². The molecule has 0 aromatic heterocycles. The normalized spacial score (nSPS) is 26.9. The van der Waals surface area contributed by atoms with Crippen LogP contribution in [0.25, 0.3) is 0 Å². The van der Waals surface area contributed by atoms with Crippen LogP contribution >= 0.6 is 7.37 Å². The zero-order chi connectivity index (χ0) is 20.3. The molecular weight excluding hydrogens is 363 g/mol. The zero-order valence-corrected chi connectivity index (χ0v) is 17.5. The van der Waals surface area contributed by atoms with E-state index < -0.39 is 18.5 Å². The lowest BCUT2D eigenvalue weighted by molar-refractivity contribution is -0.141. The van der Waals surface area contributed by atoms with E-state index in [1.165, 1.54) is 5.56 Å². The van der Waals surface area contributed by atoms with Crippen LogP contribution in [0.3, 0.4) is 0 Å². The summed E-state index contributed by atoms with van der Waals surface area (Å²) in [4.78, 5) is 24.7. The van der Waals surface area contributed by atoms with Crippen LogP contribution in [0.2, 0.25) is 0 Å². The second-order valence-electron chi connectivity index (χ2n) is 8.63. The van der Waals surface area contributed by atoms with Gasteiger partial charge in [0.15, 0.2) is 5.16 Å². The van der Waals surface area contributed by atoms with Gasteiger partial charge in [-0.2, -0.15) is 0 Å². The van der Waals surface area contributed by atoms with Crippen molar-refractivity contribution in [3.63, 3.8) is 0 Å². The highest BCUT2D eigenvalue weighted by Gasteiger charge is 2.56. The van der Waals surface area contributed by atoms with Crippen molar-refractivity contribution in [1.82, 2.24) is 4.90 Å². The first-order chi connectivity index (χ1) is 12.5. The van der Waals surface area contributed by atoms with Gasteiger partial charge in [0.1, 0.15) is 0 Å². The molecular formula is C20H33N2O4P. The first-order valence-corrected chi connectivity index (χ1v) is 11.4. The maximum Gasteiger partial charge on any atom is 0.320 e. The first kappa shape index (κ1) is 22.1. The molecule has 0 amide bonds. The number of hydrogen-bond acceptors (Lipinski definition) is 4. The lowest BCUT2D eigenvalue weighted by Gasteiger charge is -2.43. The Kier molecular flexibility index (Phi) is 6.91. The fourth-order valence-electron chi connectivity index (χ4n) is 3.96. The number of carbonyl (C=O) groups is 1. The second-order valence-corrected chi connectivity index (χ2v) is 11.3. The molecule has 2 atom stereocenters. The van der Waals surface area contributed by atoms with Gasteiger partial charge in [-0.15, -0.1) is 0 Å². The molecule has 2 rings (SSSR count). The molecule has 1 saturated heterocycles. The molecule has 0 aliphatic carbocycles. The number of carboxylic acid groups (broad SMARTS) is 1. The summed E-state index contributed by atoms with van der Waals surface area (Å²) in [6.07, 6.45) is 1.39. The maximum atomic E-state index is 12.9.